The van der Waals surface area contributed by atoms with Gasteiger partial charge >= 0.3 is 5.97 Å². The van der Waals surface area contributed by atoms with Gasteiger partial charge in [-0.1, -0.05) is 12.8 Å². The molecular weight excluding hydrogens is 392 g/mol. The van der Waals surface area contributed by atoms with Crippen LogP contribution in [-0.2, 0) is 26.0 Å². The lowest BCUT2D eigenvalue weighted by Gasteiger charge is -2.44. The molecule has 3 aliphatic rings. The Morgan fingerprint density at radius 1 is 1.10 bits per heavy atom. The van der Waals surface area contributed by atoms with Gasteiger partial charge in [0, 0.05) is 19.1 Å². The fraction of sp³-hybridized carbons (Fsp3) is 0.619. The first-order chi connectivity index (χ1) is 13.8. The normalized spacial score (nSPS) is 24.0. The maximum Gasteiger partial charge on any atom is 0.338 e. The number of esters is 1. The molecule has 2 aliphatic heterocycles. The van der Waals surface area contributed by atoms with Crippen LogP contribution in [0.2, 0.25) is 0 Å². The highest BCUT2D eigenvalue weighted by atomic mass is 32.2. The third-order valence-electron chi connectivity index (χ3n) is 6.46. The minimum Gasteiger partial charge on any atom is -0.452 e. The molecule has 1 aromatic rings. The summed E-state index contributed by atoms with van der Waals surface area (Å²) >= 11 is 0. The average molecular weight is 421 g/mol. The van der Waals surface area contributed by atoms with Crippen LogP contribution < -0.4 is 4.31 Å². The number of ether oxygens (including phenoxy) is 1. The maximum absolute atomic E-state index is 12.7. The number of hydrogen-bond acceptors (Lipinski definition) is 5. The summed E-state index contributed by atoms with van der Waals surface area (Å²) in [4.78, 5) is 27.1. The molecule has 1 saturated carbocycles. The first-order valence-electron chi connectivity index (χ1n) is 10.4. The van der Waals surface area contributed by atoms with Crippen molar-refractivity contribution in [2.24, 2.45) is 5.92 Å². The van der Waals surface area contributed by atoms with Gasteiger partial charge in [-0.3, -0.25) is 9.10 Å². The van der Waals surface area contributed by atoms with Gasteiger partial charge in [0.1, 0.15) is 0 Å². The Labute approximate surface area is 172 Å². The summed E-state index contributed by atoms with van der Waals surface area (Å²) in [6.07, 6.45) is 8.57. The van der Waals surface area contributed by atoms with Crippen molar-refractivity contribution in [2.75, 3.05) is 30.3 Å². The molecule has 0 N–H and O–H groups in total. The van der Waals surface area contributed by atoms with Crippen LogP contribution >= 0.6 is 0 Å². The monoisotopic (exact) mass is 420 g/mol. The Hall–Kier alpha value is -2.09. The molecule has 0 radical (unpaired) electrons. The molecular formula is C21H28N2O5S. The predicted molar refractivity (Wildman–Crippen MR) is 109 cm³/mol. The molecule has 2 fully saturated rings. The van der Waals surface area contributed by atoms with Crippen LogP contribution in [-0.4, -0.2) is 57.2 Å². The molecule has 8 heteroatoms. The molecule has 1 saturated heterocycles. The molecule has 4 rings (SSSR count). The van der Waals surface area contributed by atoms with E-state index < -0.39 is 16.0 Å². The molecule has 2 atom stereocenters. The first-order valence-corrected chi connectivity index (χ1v) is 12.3. The molecule has 0 aromatic heterocycles. The van der Waals surface area contributed by atoms with Gasteiger partial charge in [0.15, 0.2) is 6.61 Å². The average Bonchev–Trinajstić information content (AvgIpc) is 3.15. The van der Waals surface area contributed by atoms with E-state index in [0.29, 0.717) is 36.2 Å². The zero-order valence-corrected chi connectivity index (χ0v) is 17.6. The highest BCUT2D eigenvalue weighted by Crippen LogP contribution is 2.35. The molecule has 2 heterocycles. The highest BCUT2D eigenvalue weighted by Gasteiger charge is 2.36. The van der Waals surface area contributed by atoms with E-state index in [1.165, 1.54) is 29.8 Å². The van der Waals surface area contributed by atoms with Gasteiger partial charge in [-0.05, 0) is 61.8 Å². The summed E-state index contributed by atoms with van der Waals surface area (Å²) in [6.45, 7) is 0.884. The zero-order valence-electron chi connectivity index (χ0n) is 16.8. The van der Waals surface area contributed by atoms with E-state index in [9.17, 15) is 18.0 Å². The summed E-state index contributed by atoms with van der Waals surface area (Å²) in [7, 11) is -3.33. The van der Waals surface area contributed by atoms with Gasteiger partial charge in [-0.2, -0.15) is 0 Å². The van der Waals surface area contributed by atoms with Crippen LogP contribution in [0, 0.1) is 5.92 Å². The van der Waals surface area contributed by atoms with Crippen LogP contribution in [0.5, 0.6) is 0 Å². The Balaban J connectivity index is 1.38. The number of carbonyl (C=O) groups is 2. The van der Waals surface area contributed by atoms with Crippen molar-refractivity contribution in [3.05, 3.63) is 29.3 Å². The fourth-order valence-electron chi connectivity index (χ4n) is 5.07. The van der Waals surface area contributed by atoms with E-state index in [4.69, 9.17) is 4.74 Å². The Morgan fingerprint density at radius 3 is 2.66 bits per heavy atom. The molecule has 0 bridgehead atoms. The van der Waals surface area contributed by atoms with Crippen molar-refractivity contribution < 1.29 is 22.7 Å². The van der Waals surface area contributed by atoms with E-state index in [2.05, 4.69) is 0 Å². The summed E-state index contributed by atoms with van der Waals surface area (Å²) in [6, 6.07) is 5.17. The van der Waals surface area contributed by atoms with E-state index in [1.54, 1.807) is 18.2 Å². The number of piperidine rings is 1. The maximum atomic E-state index is 12.7. The van der Waals surface area contributed by atoms with Crippen LogP contribution in [0.3, 0.4) is 0 Å². The number of hydrogen-bond donors (Lipinski definition) is 0. The summed E-state index contributed by atoms with van der Waals surface area (Å²) in [5.41, 5.74) is 1.76. The number of sulfonamides is 1. The molecule has 0 spiro atoms. The lowest BCUT2D eigenvalue weighted by Crippen LogP contribution is -2.50. The minimum atomic E-state index is -3.33. The fourth-order valence-corrected chi connectivity index (χ4v) is 6.03. The number of benzene rings is 1. The van der Waals surface area contributed by atoms with Gasteiger partial charge in [0.05, 0.1) is 17.5 Å². The Morgan fingerprint density at radius 2 is 1.86 bits per heavy atom. The lowest BCUT2D eigenvalue weighted by molar-refractivity contribution is -0.140. The number of likely N-dealkylation sites (tertiary alicyclic amines) is 1. The van der Waals surface area contributed by atoms with Gasteiger partial charge in [-0.15, -0.1) is 0 Å². The summed E-state index contributed by atoms with van der Waals surface area (Å²) in [5.74, 6) is -0.0674. The van der Waals surface area contributed by atoms with Crippen molar-refractivity contribution in [3.8, 4) is 0 Å². The zero-order chi connectivity index (χ0) is 20.6. The minimum absolute atomic E-state index is 0.112. The molecule has 1 aliphatic carbocycles. The molecule has 0 unspecified atom stereocenters. The number of rotatable bonds is 4. The van der Waals surface area contributed by atoms with Crippen molar-refractivity contribution in [1.29, 1.82) is 0 Å². The molecule has 158 valence electrons. The highest BCUT2D eigenvalue weighted by molar-refractivity contribution is 7.92. The molecule has 1 aromatic carbocycles. The van der Waals surface area contributed by atoms with E-state index in [1.807, 2.05) is 4.90 Å². The smallest absolute Gasteiger partial charge is 0.338 e. The Kier molecular flexibility index (Phi) is 5.55. The van der Waals surface area contributed by atoms with Crippen molar-refractivity contribution in [2.45, 2.75) is 51.0 Å². The van der Waals surface area contributed by atoms with Crippen molar-refractivity contribution in [1.82, 2.24) is 4.90 Å². The second-order valence-corrected chi connectivity index (χ2v) is 10.3. The molecule has 1 amide bonds. The van der Waals surface area contributed by atoms with Gasteiger partial charge in [-0.25, -0.2) is 13.2 Å². The summed E-state index contributed by atoms with van der Waals surface area (Å²) < 4.78 is 30.3. The van der Waals surface area contributed by atoms with Gasteiger partial charge in [0.2, 0.25) is 10.0 Å². The number of carbonyl (C=O) groups excluding carboxylic acids is 2. The third kappa shape index (κ3) is 4.13. The van der Waals surface area contributed by atoms with Crippen LogP contribution in [0.15, 0.2) is 18.2 Å². The van der Waals surface area contributed by atoms with Gasteiger partial charge < -0.3 is 9.64 Å². The standard InChI is InChI=1S/C21H28N2O5S/c1-29(26,27)23-12-10-16-13-17(8-9-19(16)23)21(25)28-14-20(24)22-11-4-6-15-5-2-3-7-18(15)22/h8-9,13,15,18H,2-7,10-12,14H2,1H3/t15-,18+/m1/s1. The molecule has 7 nitrogen and oxygen atoms in total. The topological polar surface area (TPSA) is 84.0 Å². The van der Waals surface area contributed by atoms with Crippen LogP contribution in [0.1, 0.15) is 54.4 Å². The number of anilines is 1. The number of nitrogens with zero attached hydrogens (tertiary/aromatic N) is 2. The van der Waals surface area contributed by atoms with Crippen molar-refractivity contribution >= 4 is 27.6 Å². The van der Waals surface area contributed by atoms with E-state index in [0.717, 1.165) is 31.4 Å². The van der Waals surface area contributed by atoms with E-state index >= 15 is 0 Å². The first kappa shape index (κ1) is 20.2. The van der Waals surface area contributed by atoms with Crippen molar-refractivity contribution in [3.63, 3.8) is 0 Å². The number of fused-ring (bicyclic) bond motifs is 2. The SMILES string of the molecule is CS(=O)(=O)N1CCc2cc(C(=O)OCC(=O)N3CCC[C@H]4CCCC[C@@H]43)ccc21. The second kappa shape index (κ2) is 7.97. The summed E-state index contributed by atoms with van der Waals surface area (Å²) in [5, 5.41) is 0. The Bertz CT molecular complexity index is 912. The quantitative estimate of drug-likeness (QED) is 0.698. The predicted octanol–water partition coefficient (Wildman–Crippen LogP) is 2.35. The lowest BCUT2D eigenvalue weighted by atomic mass is 9.78. The van der Waals surface area contributed by atoms with Gasteiger partial charge in [0.25, 0.3) is 5.91 Å². The second-order valence-electron chi connectivity index (χ2n) is 8.35. The third-order valence-corrected chi connectivity index (χ3v) is 7.64. The van der Waals surface area contributed by atoms with Crippen LogP contribution in [0.4, 0.5) is 5.69 Å². The number of amides is 1. The largest absolute Gasteiger partial charge is 0.452 e. The molecule has 29 heavy (non-hydrogen) atoms. The van der Waals surface area contributed by atoms with E-state index in [-0.39, 0.29) is 12.5 Å². The van der Waals surface area contributed by atoms with Crippen LogP contribution in [0.25, 0.3) is 0 Å².